The van der Waals surface area contributed by atoms with Gasteiger partial charge in [0.1, 0.15) is 18.0 Å². The van der Waals surface area contributed by atoms with Crippen LogP contribution in [0.15, 0.2) is 10.9 Å². The number of aromatic nitrogens is 2. The number of rotatable bonds is 10. The van der Waals surface area contributed by atoms with Gasteiger partial charge in [-0.25, -0.2) is 13.1 Å². The summed E-state index contributed by atoms with van der Waals surface area (Å²) in [4.78, 5) is 25.0. The van der Waals surface area contributed by atoms with Crippen molar-refractivity contribution in [3.8, 4) is 5.75 Å². The highest BCUT2D eigenvalue weighted by atomic mass is 32.2. The van der Waals surface area contributed by atoms with Crippen LogP contribution in [0.2, 0.25) is 0 Å². The number of hydrogen-bond donors (Lipinski definition) is 1. The zero-order valence-corrected chi connectivity index (χ0v) is 18.6. The van der Waals surface area contributed by atoms with E-state index in [1.807, 2.05) is 34.6 Å². The molecule has 2 saturated carbocycles. The second-order valence-corrected chi connectivity index (χ2v) is 11.5. The lowest BCUT2D eigenvalue weighted by Crippen LogP contribution is -2.38. The SMILES string of the molecule is CCCS(=O)(=O)C12CC1(NC(=O)Cn1nc(C(C)C)c(OCC(C)C)cc1=O)C2. The van der Waals surface area contributed by atoms with Crippen molar-refractivity contribution in [2.24, 2.45) is 5.92 Å². The Morgan fingerprint density at radius 1 is 1.31 bits per heavy atom. The molecule has 1 amide bonds. The fourth-order valence-corrected chi connectivity index (χ4v) is 6.34. The smallest absolute Gasteiger partial charge is 0.270 e. The van der Waals surface area contributed by atoms with E-state index in [9.17, 15) is 18.0 Å². The van der Waals surface area contributed by atoms with Crippen molar-refractivity contribution in [1.82, 2.24) is 15.1 Å². The number of ether oxygens (including phenoxy) is 1. The summed E-state index contributed by atoms with van der Waals surface area (Å²) >= 11 is 0. The molecule has 0 atom stereocenters. The zero-order valence-electron chi connectivity index (χ0n) is 17.8. The van der Waals surface area contributed by atoms with Gasteiger partial charge in [-0.3, -0.25) is 9.59 Å². The summed E-state index contributed by atoms with van der Waals surface area (Å²) in [7, 11) is -3.20. The van der Waals surface area contributed by atoms with E-state index in [0.29, 0.717) is 43.2 Å². The third kappa shape index (κ3) is 3.93. The molecule has 29 heavy (non-hydrogen) atoms. The second kappa shape index (κ2) is 7.41. The molecule has 0 saturated heterocycles. The summed E-state index contributed by atoms with van der Waals surface area (Å²) in [6.45, 7) is 9.99. The number of carbonyl (C=O) groups is 1. The van der Waals surface area contributed by atoms with Crippen molar-refractivity contribution >= 4 is 15.7 Å². The maximum Gasteiger partial charge on any atom is 0.270 e. The Morgan fingerprint density at radius 3 is 2.52 bits per heavy atom. The Bertz CT molecular complexity index is 959. The minimum Gasteiger partial charge on any atom is -0.491 e. The number of nitrogens with zero attached hydrogens (tertiary/aromatic N) is 2. The summed E-state index contributed by atoms with van der Waals surface area (Å²) in [5, 5.41) is 7.19. The van der Waals surface area contributed by atoms with Gasteiger partial charge < -0.3 is 10.1 Å². The monoisotopic (exact) mass is 425 g/mol. The standard InChI is InChI=1S/C20H31N3O5S/c1-6-7-29(26,27)20-11-19(20,12-20)21-16(24)9-23-17(25)8-15(28-10-13(2)3)18(22-23)14(4)5/h8,13-14H,6-7,9-12H2,1-5H3,(H,21,24). The first-order valence-corrected chi connectivity index (χ1v) is 11.9. The lowest BCUT2D eigenvalue weighted by Gasteiger charge is -2.16. The molecule has 2 aliphatic carbocycles. The molecule has 0 unspecified atom stereocenters. The Hall–Kier alpha value is -1.90. The first kappa shape index (κ1) is 21.8. The number of sulfone groups is 1. The quantitative estimate of drug-likeness (QED) is 0.610. The molecule has 3 rings (SSSR count). The maximum atomic E-state index is 12.5. The van der Waals surface area contributed by atoms with E-state index in [4.69, 9.17) is 4.74 Å². The fourth-order valence-electron chi connectivity index (χ4n) is 3.84. The summed E-state index contributed by atoms with van der Waals surface area (Å²) in [5.41, 5.74) is -0.436. The van der Waals surface area contributed by atoms with Crippen molar-refractivity contribution in [3.05, 3.63) is 22.1 Å². The average Bonchev–Trinajstić information content (AvgIpc) is 3.41. The van der Waals surface area contributed by atoms with Gasteiger partial charge in [-0.05, 0) is 25.2 Å². The highest BCUT2D eigenvalue weighted by molar-refractivity contribution is 7.93. The summed E-state index contributed by atoms with van der Waals surface area (Å²) in [6, 6.07) is 1.38. The third-order valence-corrected chi connectivity index (χ3v) is 8.46. The Balaban J connectivity index is 1.70. The van der Waals surface area contributed by atoms with Crippen molar-refractivity contribution in [3.63, 3.8) is 0 Å². The minimum absolute atomic E-state index is 0.0179. The molecule has 1 aromatic heterocycles. The molecule has 2 fully saturated rings. The Labute approximate surface area is 171 Å². The highest BCUT2D eigenvalue weighted by Gasteiger charge is 2.90. The first-order chi connectivity index (χ1) is 13.5. The van der Waals surface area contributed by atoms with Gasteiger partial charge in [0.15, 0.2) is 9.84 Å². The van der Waals surface area contributed by atoms with E-state index in [1.165, 1.54) is 6.07 Å². The predicted octanol–water partition coefficient (Wildman–Crippen LogP) is 1.63. The number of amides is 1. The molecule has 9 heteroatoms. The fraction of sp³-hybridized carbons (Fsp3) is 0.750. The van der Waals surface area contributed by atoms with Gasteiger partial charge in [-0.2, -0.15) is 5.10 Å². The van der Waals surface area contributed by atoms with Crippen LogP contribution in [0.5, 0.6) is 5.75 Å². The Morgan fingerprint density at radius 2 is 1.97 bits per heavy atom. The molecule has 1 N–H and O–H groups in total. The van der Waals surface area contributed by atoms with Crippen LogP contribution in [-0.2, 0) is 21.2 Å². The van der Waals surface area contributed by atoms with Gasteiger partial charge >= 0.3 is 0 Å². The summed E-state index contributed by atoms with van der Waals surface area (Å²) < 4.78 is 30.9. The lowest BCUT2D eigenvalue weighted by atomic mass is 10.1. The van der Waals surface area contributed by atoms with Gasteiger partial charge in [0.2, 0.25) is 5.91 Å². The van der Waals surface area contributed by atoms with Crippen LogP contribution >= 0.6 is 0 Å². The normalized spacial score (nSPS) is 25.1. The number of nitrogens with one attached hydrogen (secondary N) is 1. The minimum atomic E-state index is -3.20. The van der Waals surface area contributed by atoms with E-state index in [1.54, 1.807) is 0 Å². The molecule has 0 spiro atoms. The number of hydrogen-bond acceptors (Lipinski definition) is 6. The van der Waals surface area contributed by atoms with Gasteiger partial charge in [-0.15, -0.1) is 0 Å². The van der Waals surface area contributed by atoms with Crippen LogP contribution in [0, 0.1) is 5.92 Å². The first-order valence-electron chi connectivity index (χ1n) is 10.2. The van der Waals surface area contributed by atoms with E-state index < -0.39 is 31.6 Å². The lowest BCUT2D eigenvalue weighted by molar-refractivity contribution is -0.122. The van der Waals surface area contributed by atoms with Crippen LogP contribution in [0.25, 0.3) is 0 Å². The molecular weight excluding hydrogens is 394 g/mol. The molecular formula is C20H31N3O5S. The van der Waals surface area contributed by atoms with Crippen molar-refractivity contribution in [2.75, 3.05) is 12.4 Å². The average molecular weight is 426 g/mol. The Kier molecular flexibility index (Phi) is 5.57. The zero-order chi connectivity index (χ0) is 21.6. The van der Waals surface area contributed by atoms with Crippen molar-refractivity contribution in [1.29, 1.82) is 0 Å². The van der Waals surface area contributed by atoms with Crippen LogP contribution in [0.4, 0.5) is 0 Å². The van der Waals surface area contributed by atoms with Crippen molar-refractivity contribution in [2.45, 2.75) is 76.6 Å². The second-order valence-electron chi connectivity index (χ2n) is 9.05. The number of carbonyl (C=O) groups excluding carboxylic acids is 1. The predicted molar refractivity (Wildman–Crippen MR) is 110 cm³/mol. The van der Waals surface area contributed by atoms with Crippen LogP contribution in [-0.4, -0.2) is 46.8 Å². The van der Waals surface area contributed by atoms with Gasteiger partial charge in [0, 0.05) is 12.0 Å². The van der Waals surface area contributed by atoms with E-state index >= 15 is 0 Å². The largest absolute Gasteiger partial charge is 0.491 e. The molecule has 1 heterocycles. The van der Waals surface area contributed by atoms with Crippen LogP contribution in [0.3, 0.4) is 0 Å². The van der Waals surface area contributed by atoms with Crippen LogP contribution in [0.1, 0.15) is 65.5 Å². The highest BCUT2D eigenvalue weighted by Crippen LogP contribution is 2.75. The van der Waals surface area contributed by atoms with Crippen molar-refractivity contribution < 1.29 is 17.9 Å². The van der Waals surface area contributed by atoms with Crippen LogP contribution < -0.4 is 15.6 Å². The molecule has 2 aliphatic rings. The van der Waals surface area contributed by atoms with E-state index in [0.717, 1.165) is 4.68 Å². The number of fused-ring (bicyclic) bond motifs is 1. The van der Waals surface area contributed by atoms with Gasteiger partial charge in [0.05, 0.1) is 22.6 Å². The topological polar surface area (TPSA) is 107 Å². The molecule has 1 aromatic rings. The molecule has 8 nitrogen and oxygen atoms in total. The molecule has 0 radical (unpaired) electrons. The summed E-state index contributed by atoms with van der Waals surface area (Å²) in [6.07, 6.45) is 1.50. The third-order valence-electron chi connectivity index (χ3n) is 5.65. The maximum absolute atomic E-state index is 12.5. The molecule has 0 aliphatic heterocycles. The van der Waals surface area contributed by atoms with Gasteiger partial charge in [0.25, 0.3) is 5.56 Å². The summed E-state index contributed by atoms with van der Waals surface area (Å²) in [5.74, 6) is 0.522. The van der Waals surface area contributed by atoms with E-state index in [2.05, 4.69) is 10.4 Å². The molecule has 162 valence electrons. The van der Waals surface area contributed by atoms with Gasteiger partial charge in [-0.1, -0.05) is 34.6 Å². The van der Waals surface area contributed by atoms with E-state index in [-0.39, 0.29) is 18.2 Å². The molecule has 0 bridgehead atoms. The molecule has 0 aromatic carbocycles.